The van der Waals surface area contributed by atoms with Crippen LogP contribution in [0.2, 0.25) is 0 Å². The highest BCUT2D eigenvalue weighted by Crippen LogP contribution is 2.28. The standard InChI is InChI=1S/C12H24N2/c1-3-12(5-4-6-14-12)9-13-11-7-10(2)8-11/h10-11,13-14H,3-9H2,1-2H3. The highest BCUT2D eigenvalue weighted by molar-refractivity contribution is 4.95. The van der Waals surface area contributed by atoms with E-state index in [4.69, 9.17) is 0 Å². The lowest BCUT2D eigenvalue weighted by Gasteiger charge is -2.37. The van der Waals surface area contributed by atoms with Gasteiger partial charge >= 0.3 is 0 Å². The molecule has 1 atom stereocenters. The number of hydrogen-bond acceptors (Lipinski definition) is 2. The molecular weight excluding hydrogens is 172 g/mol. The first-order chi connectivity index (χ1) is 6.74. The van der Waals surface area contributed by atoms with E-state index in [1.165, 1.54) is 45.2 Å². The first-order valence-corrected chi connectivity index (χ1v) is 6.22. The number of rotatable bonds is 4. The minimum absolute atomic E-state index is 0.429. The van der Waals surface area contributed by atoms with Crippen molar-refractivity contribution in [3.05, 3.63) is 0 Å². The summed E-state index contributed by atoms with van der Waals surface area (Å²) in [4.78, 5) is 0. The lowest BCUT2D eigenvalue weighted by Crippen LogP contribution is -2.52. The zero-order valence-electron chi connectivity index (χ0n) is 9.60. The summed E-state index contributed by atoms with van der Waals surface area (Å²) in [5.74, 6) is 0.960. The van der Waals surface area contributed by atoms with Gasteiger partial charge in [-0.05, 0) is 44.6 Å². The largest absolute Gasteiger partial charge is 0.312 e. The molecule has 0 spiro atoms. The lowest BCUT2D eigenvalue weighted by atomic mass is 9.81. The molecule has 1 unspecified atom stereocenters. The second-order valence-corrected chi connectivity index (χ2v) is 5.32. The van der Waals surface area contributed by atoms with Crippen LogP contribution < -0.4 is 10.6 Å². The number of nitrogens with one attached hydrogen (secondary N) is 2. The van der Waals surface area contributed by atoms with E-state index >= 15 is 0 Å². The molecule has 2 N–H and O–H groups in total. The van der Waals surface area contributed by atoms with Gasteiger partial charge < -0.3 is 10.6 Å². The Bertz CT molecular complexity index is 179. The molecule has 82 valence electrons. The summed E-state index contributed by atoms with van der Waals surface area (Å²) in [7, 11) is 0. The molecule has 1 saturated heterocycles. The van der Waals surface area contributed by atoms with Crippen molar-refractivity contribution in [3.8, 4) is 0 Å². The summed E-state index contributed by atoms with van der Waals surface area (Å²) in [6.07, 6.45) is 6.76. The highest BCUT2D eigenvalue weighted by Gasteiger charge is 2.33. The van der Waals surface area contributed by atoms with Crippen LogP contribution in [0.3, 0.4) is 0 Å². The molecule has 14 heavy (non-hydrogen) atoms. The first kappa shape index (κ1) is 10.4. The Morgan fingerprint density at radius 1 is 1.43 bits per heavy atom. The molecule has 2 nitrogen and oxygen atoms in total. The Morgan fingerprint density at radius 3 is 2.71 bits per heavy atom. The van der Waals surface area contributed by atoms with Crippen LogP contribution in [0.5, 0.6) is 0 Å². The second kappa shape index (κ2) is 4.19. The minimum atomic E-state index is 0.429. The van der Waals surface area contributed by atoms with Gasteiger partial charge in [0.05, 0.1) is 0 Å². The highest BCUT2D eigenvalue weighted by atomic mass is 15.1. The third-order valence-corrected chi connectivity index (χ3v) is 4.11. The van der Waals surface area contributed by atoms with Gasteiger partial charge in [0, 0.05) is 18.1 Å². The van der Waals surface area contributed by atoms with Crippen LogP contribution in [0.15, 0.2) is 0 Å². The Kier molecular flexibility index (Phi) is 3.13. The SMILES string of the molecule is CCC1(CNC2CC(C)C2)CCCN1. The minimum Gasteiger partial charge on any atom is -0.312 e. The Morgan fingerprint density at radius 2 is 2.21 bits per heavy atom. The fraction of sp³-hybridized carbons (Fsp3) is 1.00. The maximum absolute atomic E-state index is 3.72. The maximum atomic E-state index is 3.72. The van der Waals surface area contributed by atoms with Gasteiger partial charge in [0.15, 0.2) is 0 Å². The summed E-state index contributed by atoms with van der Waals surface area (Å²) >= 11 is 0. The molecule has 0 aromatic heterocycles. The Labute approximate surface area is 87.8 Å². The molecule has 2 fully saturated rings. The topological polar surface area (TPSA) is 24.1 Å². The van der Waals surface area contributed by atoms with E-state index in [1.807, 2.05) is 0 Å². The predicted molar refractivity (Wildman–Crippen MR) is 60.4 cm³/mol. The van der Waals surface area contributed by atoms with E-state index in [9.17, 15) is 0 Å². The Hall–Kier alpha value is -0.0800. The zero-order valence-corrected chi connectivity index (χ0v) is 9.60. The van der Waals surface area contributed by atoms with Crippen molar-refractivity contribution in [2.24, 2.45) is 5.92 Å². The molecule has 0 aromatic carbocycles. The van der Waals surface area contributed by atoms with Gasteiger partial charge in [0.25, 0.3) is 0 Å². The quantitative estimate of drug-likeness (QED) is 0.717. The molecule has 1 aliphatic heterocycles. The van der Waals surface area contributed by atoms with E-state index < -0.39 is 0 Å². The van der Waals surface area contributed by atoms with Crippen molar-refractivity contribution >= 4 is 0 Å². The van der Waals surface area contributed by atoms with Gasteiger partial charge in [0.2, 0.25) is 0 Å². The molecule has 1 aliphatic carbocycles. The first-order valence-electron chi connectivity index (χ1n) is 6.22. The molecule has 1 heterocycles. The number of hydrogen-bond donors (Lipinski definition) is 2. The van der Waals surface area contributed by atoms with Crippen LogP contribution in [-0.2, 0) is 0 Å². The van der Waals surface area contributed by atoms with E-state index in [1.54, 1.807) is 0 Å². The average Bonchev–Trinajstić information content (AvgIpc) is 2.60. The normalized spacial score (nSPS) is 42.4. The third kappa shape index (κ3) is 2.12. The van der Waals surface area contributed by atoms with E-state index in [0.717, 1.165) is 12.0 Å². The Balaban J connectivity index is 1.72. The van der Waals surface area contributed by atoms with Crippen molar-refractivity contribution in [2.75, 3.05) is 13.1 Å². The van der Waals surface area contributed by atoms with Crippen LogP contribution in [-0.4, -0.2) is 24.7 Å². The predicted octanol–water partition coefficient (Wildman–Crippen LogP) is 1.91. The smallest absolute Gasteiger partial charge is 0.0304 e. The van der Waals surface area contributed by atoms with Crippen molar-refractivity contribution in [2.45, 2.75) is 57.5 Å². The van der Waals surface area contributed by atoms with Crippen LogP contribution in [0.1, 0.15) is 46.0 Å². The fourth-order valence-corrected chi connectivity index (χ4v) is 2.86. The molecule has 0 bridgehead atoms. The van der Waals surface area contributed by atoms with Gasteiger partial charge in [-0.25, -0.2) is 0 Å². The second-order valence-electron chi connectivity index (χ2n) is 5.32. The van der Waals surface area contributed by atoms with Crippen molar-refractivity contribution in [1.82, 2.24) is 10.6 Å². The summed E-state index contributed by atoms with van der Waals surface area (Å²) in [5, 5.41) is 7.39. The molecule has 1 saturated carbocycles. The van der Waals surface area contributed by atoms with Gasteiger partial charge in [-0.3, -0.25) is 0 Å². The molecule has 0 radical (unpaired) electrons. The summed E-state index contributed by atoms with van der Waals surface area (Å²) in [6, 6.07) is 0.816. The van der Waals surface area contributed by atoms with E-state index in [0.29, 0.717) is 5.54 Å². The monoisotopic (exact) mass is 196 g/mol. The summed E-state index contributed by atoms with van der Waals surface area (Å²) < 4.78 is 0. The van der Waals surface area contributed by atoms with Crippen molar-refractivity contribution in [3.63, 3.8) is 0 Å². The lowest BCUT2D eigenvalue weighted by molar-refractivity contribution is 0.215. The van der Waals surface area contributed by atoms with Crippen LogP contribution in [0, 0.1) is 5.92 Å². The van der Waals surface area contributed by atoms with Gasteiger partial charge in [-0.2, -0.15) is 0 Å². The summed E-state index contributed by atoms with van der Waals surface area (Å²) in [6.45, 7) is 7.06. The fourth-order valence-electron chi connectivity index (χ4n) is 2.86. The van der Waals surface area contributed by atoms with Crippen LogP contribution in [0.25, 0.3) is 0 Å². The van der Waals surface area contributed by atoms with Gasteiger partial charge in [-0.15, -0.1) is 0 Å². The molecular formula is C12H24N2. The molecule has 2 rings (SSSR count). The van der Waals surface area contributed by atoms with Gasteiger partial charge in [0.1, 0.15) is 0 Å². The summed E-state index contributed by atoms with van der Waals surface area (Å²) in [5.41, 5.74) is 0.429. The van der Waals surface area contributed by atoms with Crippen molar-refractivity contribution < 1.29 is 0 Å². The third-order valence-electron chi connectivity index (χ3n) is 4.11. The zero-order chi connectivity index (χ0) is 10.0. The van der Waals surface area contributed by atoms with Crippen LogP contribution in [0.4, 0.5) is 0 Å². The molecule has 0 amide bonds. The van der Waals surface area contributed by atoms with Crippen LogP contribution >= 0.6 is 0 Å². The van der Waals surface area contributed by atoms with Gasteiger partial charge in [-0.1, -0.05) is 13.8 Å². The molecule has 2 aliphatic rings. The molecule has 2 heteroatoms. The molecule has 0 aromatic rings. The van der Waals surface area contributed by atoms with E-state index in [2.05, 4.69) is 24.5 Å². The maximum Gasteiger partial charge on any atom is 0.0304 e. The average molecular weight is 196 g/mol. The van der Waals surface area contributed by atoms with E-state index in [-0.39, 0.29) is 0 Å². The van der Waals surface area contributed by atoms with Crippen molar-refractivity contribution in [1.29, 1.82) is 0 Å².